The van der Waals surface area contributed by atoms with Crippen molar-refractivity contribution in [1.82, 2.24) is 24.8 Å². The Labute approximate surface area is 297 Å². The molecule has 1 amide bonds. The van der Waals surface area contributed by atoms with Gasteiger partial charge in [0.05, 0.1) is 18.2 Å². The molecule has 3 fully saturated rings. The summed E-state index contributed by atoms with van der Waals surface area (Å²) in [5.74, 6) is -3.23. The Hall–Kier alpha value is -4.40. The quantitative estimate of drug-likeness (QED) is 0.214. The van der Waals surface area contributed by atoms with Crippen molar-refractivity contribution in [2.45, 2.75) is 90.3 Å². The Balaban J connectivity index is 0.000000444. The highest BCUT2D eigenvalue weighted by Gasteiger charge is 2.48. The lowest BCUT2D eigenvalue weighted by Gasteiger charge is -2.46. The number of methoxy groups -OCH3 is 1. The van der Waals surface area contributed by atoms with E-state index in [4.69, 9.17) is 4.74 Å². The average molecular weight is 733 g/mol. The molecule has 0 saturated carbocycles. The molecule has 9 nitrogen and oxygen atoms in total. The number of phenolic OH excluding ortho intramolecular Hbond substituents is 1. The molecule has 15 heteroatoms. The van der Waals surface area contributed by atoms with Crippen LogP contribution in [0, 0.1) is 18.6 Å². The molecule has 0 radical (unpaired) electrons. The Kier molecular flexibility index (Phi) is 10.5. The number of fused-ring (bicyclic) bond motifs is 3. The average Bonchev–Trinajstić information content (AvgIpc) is 3.69. The molecule has 4 unspecified atom stereocenters. The minimum atomic E-state index is -5.02. The van der Waals surface area contributed by atoms with Gasteiger partial charge in [-0.3, -0.25) is 9.69 Å². The number of benzene rings is 2. The maximum absolute atomic E-state index is 16.5. The van der Waals surface area contributed by atoms with Gasteiger partial charge in [-0.25, -0.2) is 18.2 Å². The van der Waals surface area contributed by atoms with Crippen molar-refractivity contribution >= 4 is 33.4 Å². The second kappa shape index (κ2) is 14.6. The van der Waals surface area contributed by atoms with Crippen molar-refractivity contribution in [3.63, 3.8) is 0 Å². The molecule has 5 heterocycles. The summed E-state index contributed by atoms with van der Waals surface area (Å²) in [6.07, 6.45) is -1.67. The van der Waals surface area contributed by atoms with Gasteiger partial charge in [-0.05, 0) is 87.0 Å². The first-order chi connectivity index (χ1) is 24.7. The summed E-state index contributed by atoms with van der Waals surface area (Å²) in [6.45, 7) is 8.41. The molecule has 4 atom stereocenters. The summed E-state index contributed by atoms with van der Waals surface area (Å²) < 4.78 is 89.4. The first-order valence-electron chi connectivity index (χ1n) is 17.5. The molecule has 280 valence electrons. The standard InChI is InChI=1S/C30H30F5N5O3.C7H12FN/c1-6-17-13-39(12-14(3)40(17)28(42)30(33,34)35)27-22-15(4)36-25(24(32)26(22)37-29(38-27)43-5)20-11-18(41)10-16-8-9-21(31)19(7-2)23(16)20;8-6-4-7-2-1-3-9(7)5-6/h8-11,14,17,41H,6-7,12-13H2,1-5H3;6-7H,1-5H2. The number of ether oxygens (including phenoxy) is 1. The number of aromatic hydroxyl groups is 1. The highest BCUT2D eigenvalue weighted by molar-refractivity contribution is 6.02. The molecule has 1 N–H and O–H groups in total. The predicted molar refractivity (Wildman–Crippen MR) is 185 cm³/mol. The fraction of sp³-hybridized carbons (Fsp3) is 0.514. The number of piperazine rings is 1. The molecular weight excluding hydrogens is 690 g/mol. The van der Waals surface area contributed by atoms with E-state index in [1.807, 2.05) is 0 Å². The molecule has 3 saturated heterocycles. The van der Waals surface area contributed by atoms with E-state index in [-0.39, 0.29) is 59.2 Å². The van der Waals surface area contributed by atoms with E-state index < -0.39 is 42.0 Å². The second-order valence-electron chi connectivity index (χ2n) is 13.7. The van der Waals surface area contributed by atoms with Crippen LogP contribution in [0.15, 0.2) is 24.3 Å². The highest BCUT2D eigenvalue weighted by atomic mass is 19.4. The van der Waals surface area contributed by atoms with Crippen molar-refractivity contribution in [2.75, 3.05) is 38.2 Å². The molecule has 3 aliphatic rings. The molecular formula is C37H42F6N6O3. The van der Waals surface area contributed by atoms with E-state index in [2.05, 4.69) is 19.9 Å². The lowest BCUT2D eigenvalue weighted by Crippen LogP contribution is -2.62. The first-order valence-corrected chi connectivity index (χ1v) is 17.5. The van der Waals surface area contributed by atoms with Gasteiger partial charge < -0.3 is 19.6 Å². The van der Waals surface area contributed by atoms with E-state index in [0.29, 0.717) is 41.0 Å². The van der Waals surface area contributed by atoms with Crippen LogP contribution in [0.3, 0.4) is 0 Å². The molecule has 0 bridgehead atoms. The topological polar surface area (TPSA) is 94.9 Å². The zero-order valence-corrected chi connectivity index (χ0v) is 29.7. The van der Waals surface area contributed by atoms with Crippen LogP contribution in [0.2, 0.25) is 0 Å². The molecule has 0 spiro atoms. The van der Waals surface area contributed by atoms with Crippen molar-refractivity contribution in [2.24, 2.45) is 0 Å². The smallest absolute Gasteiger partial charge is 0.471 e. The number of aryl methyl sites for hydroxylation is 2. The number of alkyl halides is 4. The zero-order valence-electron chi connectivity index (χ0n) is 29.7. The van der Waals surface area contributed by atoms with Gasteiger partial charge in [-0.2, -0.15) is 23.1 Å². The number of halogens is 6. The van der Waals surface area contributed by atoms with Gasteiger partial charge in [-0.15, -0.1) is 0 Å². The molecule has 2 aromatic carbocycles. The van der Waals surface area contributed by atoms with Gasteiger partial charge in [0.1, 0.15) is 34.8 Å². The number of aromatic nitrogens is 3. The minimum Gasteiger partial charge on any atom is -0.508 e. The number of phenols is 1. The predicted octanol–water partition coefficient (Wildman–Crippen LogP) is 7.28. The SMILES string of the molecule is CCc1c(F)ccc2cc(O)cc(-c3nc(C)c4c(N5CC(C)N(C(=O)C(F)(F)F)C(CC)C5)nc(OC)nc4c3F)c12.FC1CC2CCCN2C1. The van der Waals surface area contributed by atoms with E-state index in [0.717, 1.165) is 17.9 Å². The molecule has 3 aliphatic heterocycles. The number of hydrogen-bond acceptors (Lipinski definition) is 8. The zero-order chi connectivity index (χ0) is 37.6. The van der Waals surface area contributed by atoms with Crippen LogP contribution >= 0.6 is 0 Å². The van der Waals surface area contributed by atoms with Crippen LogP contribution in [-0.4, -0.2) is 99.5 Å². The summed E-state index contributed by atoms with van der Waals surface area (Å²) in [6, 6.07) is 4.35. The van der Waals surface area contributed by atoms with Crippen LogP contribution in [0.25, 0.3) is 32.9 Å². The number of amides is 1. The lowest BCUT2D eigenvalue weighted by atomic mass is 9.94. The van der Waals surface area contributed by atoms with Gasteiger partial charge in [0.15, 0.2) is 5.82 Å². The number of carbonyl (C=O) groups is 1. The van der Waals surface area contributed by atoms with Crippen LogP contribution in [0.4, 0.5) is 32.2 Å². The van der Waals surface area contributed by atoms with E-state index in [1.54, 1.807) is 25.7 Å². The number of hydrogen-bond donors (Lipinski definition) is 1. The fourth-order valence-corrected chi connectivity index (χ4v) is 8.06. The summed E-state index contributed by atoms with van der Waals surface area (Å²) >= 11 is 0. The molecule has 52 heavy (non-hydrogen) atoms. The maximum atomic E-state index is 16.5. The van der Waals surface area contributed by atoms with Crippen molar-refractivity contribution in [1.29, 1.82) is 0 Å². The third-order valence-corrected chi connectivity index (χ3v) is 10.4. The number of anilines is 1. The Bertz CT molecular complexity index is 1980. The molecule has 2 aromatic heterocycles. The highest BCUT2D eigenvalue weighted by Crippen LogP contribution is 2.41. The number of nitrogens with zero attached hydrogens (tertiary/aromatic N) is 6. The Morgan fingerprint density at radius 3 is 2.46 bits per heavy atom. The number of pyridine rings is 1. The van der Waals surface area contributed by atoms with Crippen molar-refractivity contribution in [3.8, 4) is 23.0 Å². The van der Waals surface area contributed by atoms with E-state index >= 15 is 4.39 Å². The van der Waals surface area contributed by atoms with Crippen LogP contribution < -0.4 is 9.64 Å². The maximum Gasteiger partial charge on any atom is 0.471 e. The van der Waals surface area contributed by atoms with Crippen LogP contribution in [0.5, 0.6) is 11.8 Å². The van der Waals surface area contributed by atoms with Gasteiger partial charge in [0.25, 0.3) is 0 Å². The summed E-state index contributed by atoms with van der Waals surface area (Å²) in [5.41, 5.74) is 0.470. The Morgan fingerprint density at radius 1 is 1.06 bits per heavy atom. The fourth-order valence-electron chi connectivity index (χ4n) is 8.06. The summed E-state index contributed by atoms with van der Waals surface area (Å²) in [7, 11) is 1.30. The minimum absolute atomic E-state index is 0.00291. The largest absolute Gasteiger partial charge is 0.508 e. The van der Waals surface area contributed by atoms with E-state index in [9.17, 15) is 31.9 Å². The third kappa shape index (κ3) is 6.91. The number of rotatable bonds is 5. The molecule has 4 aromatic rings. The van der Waals surface area contributed by atoms with Crippen molar-refractivity contribution < 1.29 is 41.0 Å². The summed E-state index contributed by atoms with van der Waals surface area (Å²) in [5, 5.41) is 11.6. The lowest BCUT2D eigenvalue weighted by molar-refractivity contribution is -0.190. The van der Waals surface area contributed by atoms with Gasteiger partial charge in [0, 0.05) is 43.3 Å². The third-order valence-electron chi connectivity index (χ3n) is 10.4. The molecule has 0 aliphatic carbocycles. The normalized spacial score (nSPS) is 22.1. The van der Waals surface area contributed by atoms with Gasteiger partial charge in [-0.1, -0.05) is 19.9 Å². The van der Waals surface area contributed by atoms with Crippen LogP contribution in [-0.2, 0) is 11.2 Å². The van der Waals surface area contributed by atoms with Crippen molar-refractivity contribution in [3.05, 3.63) is 47.2 Å². The van der Waals surface area contributed by atoms with Crippen LogP contribution in [0.1, 0.15) is 57.7 Å². The second-order valence-corrected chi connectivity index (χ2v) is 13.7. The molecule has 7 rings (SSSR count). The Morgan fingerprint density at radius 2 is 1.81 bits per heavy atom. The monoisotopic (exact) mass is 732 g/mol. The van der Waals surface area contributed by atoms with Gasteiger partial charge >= 0.3 is 18.1 Å². The van der Waals surface area contributed by atoms with E-state index in [1.165, 1.54) is 51.1 Å². The number of carbonyl (C=O) groups excluding carboxylic acids is 1. The summed E-state index contributed by atoms with van der Waals surface area (Å²) in [4.78, 5) is 30.3. The first kappa shape index (κ1) is 37.4. The van der Waals surface area contributed by atoms with Gasteiger partial charge in [0.2, 0.25) is 0 Å².